The lowest BCUT2D eigenvalue weighted by molar-refractivity contribution is -0.148. The van der Waals surface area contributed by atoms with E-state index in [1.165, 1.54) is 36.0 Å². The summed E-state index contributed by atoms with van der Waals surface area (Å²) in [5, 5.41) is 1.11. The number of carbonyl (C=O) groups is 1. The number of anilines is 1. The van der Waals surface area contributed by atoms with Gasteiger partial charge in [-0.15, -0.1) is 0 Å². The number of aromatic nitrogens is 3. The summed E-state index contributed by atoms with van der Waals surface area (Å²) >= 11 is 0. The fourth-order valence-corrected chi connectivity index (χ4v) is 8.28. The molecule has 0 saturated carbocycles. The Morgan fingerprint density at radius 1 is 0.800 bits per heavy atom. The standard InChI is InChI=1S/C38H37N5O2/c44-36-4-2-16-42(36)35-3-1-15-39-37(35)26-8-6-25(7-9-26)34-21-41-38-33(34)18-29(20-40-38)28-10-5-24-11-13-30(14-12-27(24)17-28)43-31-19-32(43)23-45-22-31/h1,3,5-10,15,17-18,20-21,30-32H,2,4,11-14,16,19,22-23H2,(H,40,41)/t30-,31?,32?/m0/s1. The Hall–Kier alpha value is -4.33. The maximum Gasteiger partial charge on any atom is 0.227 e. The number of morpholine rings is 1. The Kier molecular flexibility index (Phi) is 6.56. The summed E-state index contributed by atoms with van der Waals surface area (Å²) in [5.41, 5.74) is 11.3. The normalized spacial score (nSPS) is 23.2. The van der Waals surface area contributed by atoms with Crippen molar-refractivity contribution >= 4 is 22.6 Å². The maximum absolute atomic E-state index is 12.5. The van der Waals surface area contributed by atoms with Crippen molar-refractivity contribution in [3.05, 3.63) is 90.4 Å². The predicted molar refractivity (Wildman–Crippen MR) is 177 cm³/mol. The molecule has 3 atom stereocenters. The number of hydrogen-bond acceptors (Lipinski definition) is 5. The molecule has 1 aliphatic carbocycles. The molecule has 2 unspecified atom stereocenters. The summed E-state index contributed by atoms with van der Waals surface area (Å²) in [5.74, 6) is 0.172. The molecule has 3 saturated heterocycles. The first-order chi connectivity index (χ1) is 22.2. The van der Waals surface area contributed by atoms with E-state index in [0.29, 0.717) is 24.5 Å². The highest BCUT2D eigenvalue weighted by atomic mass is 16.5. The molecule has 2 bridgehead atoms. The van der Waals surface area contributed by atoms with E-state index >= 15 is 0 Å². The molecule has 1 amide bonds. The quantitative estimate of drug-likeness (QED) is 0.226. The second-order valence-electron chi connectivity index (χ2n) is 13.2. The molecule has 9 rings (SSSR count). The van der Waals surface area contributed by atoms with Gasteiger partial charge in [0, 0.05) is 71.8 Å². The van der Waals surface area contributed by atoms with Gasteiger partial charge in [-0.3, -0.25) is 14.7 Å². The SMILES string of the molecule is O=C1CCCN1c1cccnc1-c1ccc(-c2c[nH]c3ncc(-c4ccc5c(c4)CC[C@@H](N4C6COCC4C6)CC5)cc23)cc1. The Bertz CT molecular complexity index is 1900. The van der Waals surface area contributed by atoms with Crippen LogP contribution in [0.25, 0.3) is 44.5 Å². The largest absolute Gasteiger partial charge is 0.378 e. The van der Waals surface area contributed by atoms with Gasteiger partial charge in [-0.25, -0.2) is 4.98 Å². The number of rotatable bonds is 5. The van der Waals surface area contributed by atoms with Crippen LogP contribution < -0.4 is 4.90 Å². The fraction of sp³-hybridized carbons (Fsp3) is 0.342. The number of aromatic amines is 1. The van der Waals surface area contributed by atoms with Crippen molar-refractivity contribution < 1.29 is 9.53 Å². The van der Waals surface area contributed by atoms with E-state index in [1.54, 1.807) is 6.20 Å². The van der Waals surface area contributed by atoms with Crippen molar-refractivity contribution in [3.63, 3.8) is 0 Å². The molecule has 7 nitrogen and oxygen atoms in total. The number of fused-ring (bicyclic) bond motifs is 4. The summed E-state index contributed by atoms with van der Waals surface area (Å²) in [6.07, 6.45) is 13.4. The Labute approximate surface area is 263 Å². The molecule has 0 spiro atoms. The van der Waals surface area contributed by atoms with Crippen LogP contribution in [0, 0.1) is 0 Å². The minimum Gasteiger partial charge on any atom is -0.378 e. The maximum atomic E-state index is 12.5. The average Bonchev–Trinajstić information content (AvgIpc) is 3.66. The highest BCUT2D eigenvalue weighted by molar-refractivity contribution is 5.99. The molecule has 3 fully saturated rings. The Balaban J connectivity index is 0.981. The van der Waals surface area contributed by atoms with Crippen LogP contribution >= 0.6 is 0 Å². The number of benzene rings is 2. The Morgan fingerprint density at radius 2 is 1.60 bits per heavy atom. The lowest BCUT2D eigenvalue weighted by Crippen LogP contribution is -2.66. The average molecular weight is 596 g/mol. The van der Waals surface area contributed by atoms with Gasteiger partial charge in [0.1, 0.15) is 5.65 Å². The number of carbonyl (C=O) groups excluding carboxylic acids is 1. The number of H-pyrrole nitrogens is 1. The predicted octanol–water partition coefficient (Wildman–Crippen LogP) is 6.81. The minimum absolute atomic E-state index is 0.172. The van der Waals surface area contributed by atoms with Gasteiger partial charge in [-0.05, 0) is 79.0 Å². The molecule has 6 heterocycles. The first kappa shape index (κ1) is 27.0. The van der Waals surface area contributed by atoms with Crippen LogP contribution in [-0.4, -0.2) is 63.6 Å². The molecular formula is C38H37N5O2. The summed E-state index contributed by atoms with van der Waals surface area (Å²) in [7, 11) is 0. The Morgan fingerprint density at radius 3 is 2.40 bits per heavy atom. The van der Waals surface area contributed by atoms with E-state index in [-0.39, 0.29) is 5.91 Å². The second kappa shape index (κ2) is 10.9. The van der Waals surface area contributed by atoms with Crippen LogP contribution in [0.1, 0.15) is 43.2 Å². The van der Waals surface area contributed by atoms with E-state index in [1.807, 2.05) is 23.2 Å². The van der Waals surface area contributed by atoms with E-state index in [4.69, 9.17) is 9.72 Å². The smallest absolute Gasteiger partial charge is 0.227 e. The molecule has 3 aromatic heterocycles. The van der Waals surface area contributed by atoms with Crippen molar-refractivity contribution in [2.75, 3.05) is 24.7 Å². The fourth-order valence-electron chi connectivity index (χ4n) is 8.28. The number of nitrogens with one attached hydrogen (secondary N) is 1. The van der Waals surface area contributed by atoms with Crippen LogP contribution in [0.5, 0.6) is 0 Å². The molecule has 5 aromatic rings. The molecule has 2 aromatic carbocycles. The van der Waals surface area contributed by atoms with Crippen molar-refractivity contribution in [1.29, 1.82) is 0 Å². The second-order valence-corrected chi connectivity index (χ2v) is 13.2. The number of nitrogens with zero attached hydrogens (tertiary/aromatic N) is 4. The van der Waals surface area contributed by atoms with Gasteiger partial charge in [0.2, 0.25) is 5.91 Å². The lowest BCUT2D eigenvalue weighted by atomic mass is 9.87. The van der Waals surface area contributed by atoms with Gasteiger partial charge in [0.05, 0.1) is 24.6 Å². The molecular weight excluding hydrogens is 558 g/mol. The van der Waals surface area contributed by atoms with Gasteiger partial charge in [-0.1, -0.05) is 42.5 Å². The minimum atomic E-state index is 0.172. The van der Waals surface area contributed by atoms with Crippen molar-refractivity contribution in [2.24, 2.45) is 0 Å². The summed E-state index contributed by atoms with van der Waals surface area (Å²) in [4.78, 5) is 30.0. The van der Waals surface area contributed by atoms with E-state index in [0.717, 1.165) is 83.7 Å². The van der Waals surface area contributed by atoms with Crippen LogP contribution in [0.3, 0.4) is 0 Å². The van der Waals surface area contributed by atoms with Crippen LogP contribution in [0.2, 0.25) is 0 Å². The zero-order chi connectivity index (χ0) is 29.9. The topological polar surface area (TPSA) is 74.4 Å². The van der Waals surface area contributed by atoms with Crippen molar-refractivity contribution in [1.82, 2.24) is 19.9 Å². The van der Waals surface area contributed by atoms with Crippen LogP contribution in [0.4, 0.5) is 5.69 Å². The van der Waals surface area contributed by atoms with Crippen molar-refractivity contribution in [2.45, 2.75) is 63.1 Å². The highest BCUT2D eigenvalue weighted by Crippen LogP contribution is 2.39. The lowest BCUT2D eigenvalue weighted by Gasteiger charge is -2.56. The van der Waals surface area contributed by atoms with Gasteiger partial charge in [-0.2, -0.15) is 0 Å². The first-order valence-electron chi connectivity index (χ1n) is 16.5. The monoisotopic (exact) mass is 595 g/mol. The van der Waals surface area contributed by atoms with Gasteiger partial charge in [0.15, 0.2) is 0 Å². The van der Waals surface area contributed by atoms with Crippen molar-refractivity contribution in [3.8, 4) is 33.5 Å². The van der Waals surface area contributed by atoms with E-state index < -0.39 is 0 Å². The van der Waals surface area contributed by atoms with Gasteiger partial charge in [0.25, 0.3) is 0 Å². The molecule has 0 radical (unpaired) electrons. The molecule has 4 aliphatic rings. The van der Waals surface area contributed by atoms with E-state index in [2.05, 4.69) is 69.6 Å². The molecule has 3 aliphatic heterocycles. The van der Waals surface area contributed by atoms with Crippen LogP contribution in [0.15, 0.2) is 79.3 Å². The first-order valence-corrected chi connectivity index (χ1v) is 16.5. The number of pyridine rings is 2. The van der Waals surface area contributed by atoms with Gasteiger partial charge >= 0.3 is 0 Å². The summed E-state index contributed by atoms with van der Waals surface area (Å²) < 4.78 is 5.76. The zero-order valence-corrected chi connectivity index (χ0v) is 25.4. The third-order valence-electron chi connectivity index (χ3n) is 10.6. The van der Waals surface area contributed by atoms with Crippen LogP contribution in [-0.2, 0) is 22.4 Å². The number of amides is 1. The number of aryl methyl sites for hydroxylation is 2. The summed E-state index contributed by atoms with van der Waals surface area (Å²) in [6, 6.07) is 23.7. The molecule has 226 valence electrons. The molecule has 1 N–H and O–H groups in total. The highest BCUT2D eigenvalue weighted by Gasteiger charge is 2.45. The summed E-state index contributed by atoms with van der Waals surface area (Å²) in [6.45, 7) is 2.58. The molecule has 7 heteroatoms. The van der Waals surface area contributed by atoms with Gasteiger partial charge < -0.3 is 14.6 Å². The third kappa shape index (κ3) is 4.68. The number of hydrogen-bond donors (Lipinski definition) is 1. The zero-order valence-electron chi connectivity index (χ0n) is 25.4. The third-order valence-corrected chi connectivity index (χ3v) is 10.6. The van der Waals surface area contributed by atoms with E-state index in [9.17, 15) is 4.79 Å². The number of ether oxygens (including phenoxy) is 1. The molecule has 45 heavy (non-hydrogen) atoms.